The highest BCUT2D eigenvalue weighted by molar-refractivity contribution is 4.54. The van der Waals surface area contributed by atoms with Crippen LogP contribution in [0.2, 0.25) is 0 Å². The van der Waals surface area contributed by atoms with E-state index in [9.17, 15) is 0 Å². The van der Waals surface area contributed by atoms with Crippen LogP contribution >= 0.6 is 0 Å². The van der Waals surface area contributed by atoms with Crippen LogP contribution in [0, 0.1) is 0 Å². The molecule has 3 nitrogen and oxygen atoms in total. The molecule has 3 heteroatoms. The van der Waals surface area contributed by atoms with Crippen molar-refractivity contribution in [3.63, 3.8) is 0 Å². The molecular formula is C4H9N3. The summed E-state index contributed by atoms with van der Waals surface area (Å²) in [6.45, 7) is 3.67. The summed E-state index contributed by atoms with van der Waals surface area (Å²) in [6.07, 6.45) is 0. The lowest BCUT2D eigenvalue weighted by molar-refractivity contribution is 0.737. The van der Waals surface area contributed by atoms with Crippen molar-refractivity contribution in [3.8, 4) is 0 Å². The summed E-state index contributed by atoms with van der Waals surface area (Å²) in [7, 11) is 0. The lowest BCUT2D eigenvalue weighted by Gasteiger charge is -1.89. The van der Waals surface area contributed by atoms with Gasteiger partial charge in [-0.1, -0.05) is 0 Å². The molecule has 0 aromatic carbocycles. The van der Waals surface area contributed by atoms with Crippen LogP contribution in [0.15, 0.2) is 10.2 Å². The normalized spacial score (nSPS) is 21.7. The Morgan fingerprint density at radius 2 is 1.57 bits per heavy atom. The Morgan fingerprint density at radius 3 is 2.14 bits per heavy atom. The molecule has 1 aliphatic heterocycles. The highest BCUT2D eigenvalue weighted by Gasteiger charge is 1.88. The molecule has 0 saturated carbocycles. The maximum absolute atomic E-state index is 3.83. The number of rotatable bonds is 0. The van der Waals surface area contributed by atoms with Gasteiger partial charge in [-0.25, -0.2) is 0 Å². The van der Waals surface area contributed by atoms with Crippen molar-refractivity contribution >= 4 is 0 Å². The quantitative estimate of drug-likeness (QED) is 0.457. The van der Waals surface area contributed by atoms with Crippen LogP contribution in [0.25, 0.3) is 0 Å². The lowest BCUT2D eigenvalue weighted by atomic mass is 10.6. The number of nitrogens with one attached hydrogen (secondary N) is 1. The first kappa shape index (κ1) is 4.71. The molecule has 0 spiro atoms. The molecule has 0 aromatic heterocycles. The monoisotopic (exact) mass is 99.1 g/mol. The molecule has 1 N–H and O–H groups in total. The molecule has 0 aliphatic carbocycles. The lowest BCUT2D eigenvalue weighted by Crippen LogP contribution is -2.17. The second-order valence-corrected chi connectivity index (χ2v) is 1.48. The van der Waals surface area contributed by atoms with Gasteiger partial charge in [-0.05, 0) is 0 Å². The molecule has 7 heavy (non-hydrogen) atoms. The van der Waals surface area contributed by atoms with E-state index in [2.05, 4.69) is 15.5 Å². The van der Waals surface area contributed by atoms with E-state index in [4.69, 9.17) is 0 Å². The van der Waals surface area contributed by atoms with Crippen molar-refractivity contribution in [3.05, 3.63) is 0 Å². The predicted octanol–water partition coefficient (Wildman–Crippen LogP) is 0.0418. The third-order valence-electron chi connectivity index (χ3n) is 0.877. The minimum atomic E-state index is 0.847. The molecule has 0 atom stereocenters. The average molecular weight is 99.1 g/mol. The predicted molar refractivity (Wildman–Crippen MR) is 27.5 cm³/mol. The van der Waals surface area contributed by atoms with Crippen LogP contribution < -0.4 is 5.32 Å². The maximum atomic E-state index is 3.83. The number of hydrogen-bond acceptors (Lipinski definition) is 3. The highest BCUT2D eigenvalue weighted by atomic mass is 15.1. The van der Waals surface area contributed by atoms with E-state index in [0.717, 1.165) is 26.2 Å². The van der Waals surface area contributed by atoms with Crippen molar-refractivity contribution < 1.29 is 0 Å². The van der Waals surface area contributed by atoms with E-state index in [0.29, 0.717) is 0 Å². The van der Waals surface area contributed by atoms with E-state index in [-0.39, 0.29) is 0 Å². The maximum Gasteiger partial charge on any atom is 0.0723 e. The van der Waals surface area contributed by atoms with Gasteiger partial charge in [0.25, 0.3) is 0 Å². The average Bonchev–Trinajstić information content (AvgIpc) is 1.90. The summed E-state index contributed by atoms with van der Waals surface area (Å²) in [6, 6.07) is 0. The van der Waals surface area contributed by atoms with Crippen LogP contribution in [-0.4, -0.2) is 26.2 Å². The summed E-state index contributed by atoms with van der Waals surface area (Å²) in [5, 5.41) is 10.8. The van der Waals surface area contributed by atoms with Gasteiger partial charge in [0, 0.05) is 13.1 Å². The van der Waals surface area contributed by atoms with E-state index < -0.39 is 0 Å². The van der Waals surface area contributed by atoms with Crippen molar-refractivity contribution in [2.24, 2.45) is 10.2 Å². The SMILES string of the molecule is C1CNCCN=N1. The Balaban J connectivity index is 2.20. The molecule has 1 heterocycles. The summed E-state index contributed by atoms with van der Waals surface area (Å²) >= 11 is 0. The minimum absolute atomic E-state index is 0.847. The second-order valence-electron chi connectivity index (χ2n) is 1.48. The van der Waals surface area contributed by atoms with Crippen LogP contribution in [0.1, 0.15) is 0 Å². The van der Waals surface area contributed by atoms with E-state index in [1.165, 1.54) is 0 Å². The molecule has 0 amide bonds. The molecular weight excluding hydrogens is 90.1 g/mol. The van der Waals surface area contributed by atoms with Gasteiger partial charge in [0.15, 0.2) is 0 Å². The summed E-state index contributed by atoms with van der Waals surface area (Å²) < 4.78 is 0. The smallest absolute Gasteiger partial charge is 0.0723 e. The Labute approximate surface area is 42.8 Å². The molecule has 0 saturated heterocycles. The molecule has 40 valence electrons. The molecule has 0 unspecified atom stereocenters. The summed E-state index contributed by atoms with van der Waals surface area (Å²) in [5.41, 5.74) is 0. The van der Waals surface area contributed by atoms with Gasteiger partial charge < -0.3 is 5.32 Å². The van der Waals surface area contributed by atoms with Crippen LogP contribution in [0.4, 0.5) is 0 Å². The van der Waals surface area contributed by atoms with Crippen LogP contribution in [0.3, 0.4) is 0 Å². The first-order chi connectivity index (χ1) is 3.50. The molecule has 0 aromatic rings. The Hall–Kier alpha value is -0.440. The topological polar surface area (TPSA) is 36.8 Å². The zero-order valence-electron chi connectivity index (χ0n) is 4.22. The third-order valence-corrected chi connectivity index (χ3v) is 0.877. The van der Waals surface area contributed by atoms with Gasteiger partial charge in [-0.3, -0.25) is 0 Å². The molecule has 1 aliphatic rings. The van der Waals surface area contributed by atoms with Crippen molar-refractivity contribution in [1.29, 1.82) is 0 Å². The molecule has 0 fully saturated rings. The zero-order chi connectivity index (χ0) is 4.95. The Bertz CT molecular complexity index is 61.3. The minimum Gasteiger partial charge on any atom is -0.313 e. The van der Waals surface area contributed by atoms with Crippen LogP contribution in [0.5, 0.6) is 0 Å². The number of nitrogens with zero attached hydrogens (tertiary/aromatic N) is 2. The van der Waals surface area contributed by atoms with Gasteiger partial charge in [0.2, 0.25) is 0 Å². The van der Waals surface area contributed by atoms with E-state index in [1.54, 1.807) is 0 Å². The molecule has 1 rings (SSSR count). The number of azo groups is 1. The van der Waals surface area contributed by atoms with Crippen molar-refractivity contribution in [2.75, 3.05) is 26.2 Å². The number of hydrogen-bond donors (Lipinski definition) is 1. The van der Waals surface area contributed by atoms with E-state index in [1.807, 2.05) is 0 Å². The fourth-order valence-electron chi connectivity index (χ4n) is 0.525. The summed E-state index contributed by atoms with van der Waals surface area (Å²) in [5.74, 6) is 0. The third kappa shape index (κ3) is 1.64. The van der Waals surface area contributed by atoms with Gasteiger partial charge in [-0.2, -0.15) is 10.2 Å². The standard InChI is InChI=1S/C4H9N3/c1-3-6-7-4-2-5-1/h5H,1-4H2. The van der Waals surface area contributed by atoms with Gasteiger partial charge >= 0.3 is 0 Å². The highest BCUT2D eigenvalue weighted by Crippen LogP contribution is 1.78. The Kier molecular flexibility index (Phi) is 1.81. The van der Waals surface area contributed by atoms with E-state index >= 15 is 0 Å². The van der Waals surface area contributed by atoms with Crippen molar-refractivity contribution in [2.45, 2.75) is 0 Å². The van der Waals surface area contributed by atoms with Gasteiger partial charge in [0.05, 0.1) is 13.1 Å². The van der Waals surface area contributed by atoms with Gasteiger partial charge in [-0.15, -0.1) is 0 Å². The zero-order valence-corrected chi connectivity index (χ0v) is 4.22. The Morgan fingerprint density at radius 1 is 1.00 bits per heavy atom. The first-order valence-corrected chi connectivity index (χ1v) is 2.54. The largest absolute Gasteiger partial charge is 0.313 e. The fourth-order valence-corrected chi connectivity index (χ4v) is 0.525. The molecule has 0 bridgehead atoms. The second kappa shape index (κ2) is 2.69. The van der Waals surface area contributed by atoms with Crippen LogP contribution in [-0.2, 0) is 0 Å². The molecule has 0 radical (unpaired) electrons. The van der Waals surface area contributed by atoms with Gasteiger partial charge in [0.1, 0.15) is 0 Å². The van der Waals surface area contributed by atoms with Crippen molar-refractivity contribution in [1.82, 2.24) is 5.32 Å². The summed E-state index contributed by atoms with van der Waals surface area (Å²) in [4.78, 5) is 0. The fraction of sp³-hybridized carbons (Fsp3) is 1.00. The first-order valence-electron chi connectivity index (χ1n) is 2.54.